The van der Waals surface area contributed by atoms with E-state index in [2.05, 4.69) is 26.7 Å². The highest BCUT2D eigenvalue weighted by atomic mass is 16.2. The van der Waals surface area contributed by atoms with Gasteiger partial charge in [0.2, 0.25) is 0 Å². The molecule has 0 atom stereocenters. The molecule has 3 aromatic rings. The normalized spacial score (nSPS) is 10.3. The van der Waals surface area contributed by atoms with Crippen molar-refractivity contribution in [1.82, 2.24) is 20.6 Å². The number of aromatic nitrogens is 2. The van der Waals surface area contributed by atoms with Crippen molar-refractivity contribution in [3.8, 4) is 17.2 Å². The van der Waals surface area contributed by atoms with Gasteiger partial charge in [0, 0.05) is 30.5 Å². The Kier molecular flexibility index (Phi) is 6.50. The lowest BCUT2D eigenvalue weighted by atomic mass is 10.0. The van der Waals surface area contributed by atoms with Gasteiger partial charge >= 0.3 is 0 Å². The van der Waals surface area contributed by atoms with Crippen LogP contribution in [0.25, 0.3) is 11.1 Å². The van der Waals surface area contributed by atoms with Crippen molar-refractivity contribution < 1.29 is 9.59 Å². The fourth-order valence-corrected chi connectivity index (χ4v) is 2.78. The van der Waals surface area contributed by atoms with Crippen molar-refractivity contribution in [3.05, 3.63) is 83.4 Å². The lowest BCUT2D eigenvalue weighted by Gasteiger charge is -2.09. The van der Waals surface area contributed by atoms with E-state index in [9.17, 15) is 9.59 Å². The molecule has 2 heterocycles. The molecule has 0 saturated carbocycles. The second kappa shape index (κ2) is 9.43. The number of nitrogens with one attached hydrogen (secondary N) is 2. The van der Waals surface area contributed by atoms with Gasteiger partial charge in [-0.3, -0.25) is 14.6 Å². The molecule has 30 heavy (non-hydrogen) atoms. The molecule has 0 unspecified atom stereocenters. The Morgan fingerprint density at radius 2 is 1.70 bits per heavy atom. The maximum Gasteiger partial charge on any atom is 0.270 e. The highest BCUT2D eigenvalue weighted by molar-refractivity contribution is 5.96. The number of rotatable bonds is 6. The third-order valence-corrected chi connectivity index (χ3v) is 4.23. The van der Waals surface area contributed by atoms with E-state index in [0.717, 1.165) is 16.7 Å². The monoisotopic (exact) mass is 399 g/mol. The summed E-state index contributed by atoms with van der Waals surface area (Å²) in [5.41, 5.74) is 3.59. The summed E-state index contributed by atoms with van der Waals surface area (Å²) in [5.74, 6) is -0.697. The lowest BCUT2D eigenvalue weighted by Crippen LogP contribution is -2.31. The standard InChI is InChI=1S/C23H21N5O2/c1-15(2)27-23(30)21-5-3-4-20(28-21)22(29)26-13-17-10-19(14-25-12-17)18-8-6-16(11-24)7-9-18/h3-10,12,14-15H,13H2,1-2H3,(H,26,29)(H,27,30). The molecule has 0 aliphatic carbocycles. The smallest absolute Gasteiger partial charge is 0.270 e. The fraction of sp³-hybridized carbons (Fsp3) is 0.174. The molecule has 0 spiro atoms. The summed E-state index contributed by atoms with van der Waals surface area (Å²) in [4.78, 5) is 33.0. The summed E-state index contributed by atoms with van der Waals surface area (Å²) in [6, 6.07) is 16.0. The van der Waals surface area contributed by atoms with Crippen molar-refractivity contribution in [2.45, 2.75) is 26.4 Å². The molecule has 3 rings (SSSR count). The van der Waals surface area contributed by atoms with Crippen molar-refractivity contribution in [2.24, 2.45) is 0 Å². The number of nitriles is 1. The van der Waals surface area contributed by atoms with Gasteiger partial charge in [-0.25, -0.2) is 4.98 Å². The van der Waals surface area contributed by atoms with Crippen molar-refractivity contribution in [1.29, 1.82) is 5.26 Å². The summed E-state index contributed by atoms with van der Waals surface area (Å²) in [6.07, 6.45) is 3.40. The number of benzene rings is 1. The van der Waals surface area contributed by atoms with Crippen LogP contribution in [0.2, 0.25) is 0 Å². The Bertz CT molecular complexity index is 1100. The van der Waals surface area contributed by atoms with E-state index in [1.54, 1.807) is 42.7 Å². The molecule has 2 aromatic heterocycles. The van der Waals surface area contributed by atoms with Crippen molar-refractivity contribution in [2.75, 3.05) is 0 Å². The molecule has 0 fully saturated rings. The summed E-state index contributed by atoms with van der Waals surface area (Å²) in [5, 5.41) is 14.5. The minimum absolute atomic E-state index is 0.0207. The first kappa shape index (κ1) is 20.7. The Morgan fingerprint density at radius 3 is 2.37 bits per heavy atom. The van der Waals surface area contributed by atoms with E-state index in [0.29, 0.717) is 5.56 Å². The van der Waals surface area contributed by atoms with Crippen molar-refractivity contribution >= 4 is 11.8 Å². The summed E-state index contributed by atoms with van der Waals surface area (Å²) >= 11 is 0. The highest BCUT2D eigenvalue weighted by Gasteiger charge is 2.13. The second-order valence-electron chi connectivity index (χ2n) is 6.99. The molecule has 0 saturated heterocycles. The van der Waals surface area contributed by atoms with Gasteiger partial charge in [0.25, 0.3) is 11.8 Å². The van der Waals surface area contributed by atoms with E-state index >= 15 is 0 Å². The SMILES string of the molecule is CC(C)NC(=O)c1cccc(C(=O)NCc2cncc(-c3ccc(C#N)cc3)c2)n1. The molecule has 7 nitrogen and oxygen atoms in total. The number of carbonyl (C=O) groups excluding carboxylic acids is 2. The summed E-state index contributed by atoms with van der Waals surface area (Å²) in [7, 11) is 0. The van der Waals surface area contributed by atoms with Gasteiger partial charge in [0.15, 0.2) is 0 Å². The number of hydrogen-bond acceptors (Lipinski definition) is 5. The molecule has 0 aliphatic heterocycles. The Labute approximate surface area is 174 Å². The number of nitrogens with zero attached hydrogens (tertiary/aromatic N) is 3. The first-order valence-electron chi connectivity index (χ1n) is 9.47. The van der Waals surface area contributed by atoms with Crippen LogP contribution < -0.4 is 10.6 Å². The van der Waals surface area contributed by atoms with Gasteiger partial charge in [-0.05, 0) is 55.3 Å². The fourth-order valence-electron chi connectivity index (χ4n) is 2.78. The zero-order valence-electron chi connectivity index (χ0n) is 16.7. The quantitative estimate of drug-likeness (QED) is 0.662. The third kappa shape index (κ3) is 5.26. The van der Waals surface area contributed by atoms with Crippen LogP contribution in [0, 0.1) is 11.3 Å². The molecular weight excluding hydrogens is 378 g/mol. The second-order valence-corrected chi connectivity index (χ2v) is 6.99. The number of carbonyl (C=O) groups is 2. The lowest BCUT2D eigenvalue weighted by molar-refractivity contribution is 0.0936. The van der Waals surface area contributed by atoms with Crippen LogP contribution in [-0.4, -0.2) is 27.8 Å². The van der Waals surface area contributed by atoms with Gasteiger partial charge in [0.1, 0.15) is 11.4 Å². The average Bonchev–Trinajstić information content (AvgIpc) is 2.77. The molecular formula is C23H21N5O2. The maximum absolute atomic E-state index is 12.5. The van der Waals surface area contributed by atoms with Crippen LogP contribution in [0.4, 0.5) is 0 Å². The Balaban J connectivity index is 1.68. The minimum atomic E-state index is -0.377. The maximum atomic E-state index is 12.5. The van der Waals surface area contributed by atoms with Crippen molar-refractivity contribution in [3.63, 3.8) is 0 Å². The molecule has 150 valence electrons. The molecule has 0 radical (unpaired) electrons. The number of amides is 2. The topological polar surface area (TPSA) is 108 Å². The van der Waals surface area contributed by atoms with Crippen LogP contribution in [0.5, 0.6) is 0 Å². The molecule has 0 bridgehead atoms. The zero-order chi connectivity index (χ0) is 21.5. The molecule has 1 aromatic carbocycles. The van der Waals surface area contributed by atoms with Crippen LogP contribution in [-0.2, 0) is 6.54 Å². The zero-order valence-corrected chi connectivity index (χ0v) is 16.7. The van der Waals surface area contributed by atoms with Crippen LogP contribution in [0.1, 0.15) is 46.0 Å². The number of hydrogen-bond donors (Lipinski definition) is 2. The summed E-state index contributed by atoms with van der Waals surface area (Å²) in [6.45, 7) is 3.98. The van der Waals surface area contributed by atoms with Crippen LogP contribution >= 0.6 is 0 Å². The number of pyridine rings is 2. The van der Waals surface area contributed by atoms with E-state index in [1.807, 2.05) is 32.0 Å². The third-order valence-electron chi connectivity index (χ3n) is 4.23. The van der Waals surface area contributed by atoms with E-state index < -0.39 is 0 Å². The molecule has 7 heteroatoms. The Hall–Kier alpha value is -4.05. The van der Waals surface area contributed by atoms with Gasteiger partial charge in [-0.1, -0.05) is 18.2 Å². The van der Waals surface area contributed by atoms with Crippen LogP contribution in [0.15, 0.2) is 60.9 Å². The van der Waals surface area contributed by atoms with E-state index in [-0.39, 0.29) is 35.8 Å². The van der Waals surface area contributed by atoms with E-state index in [4.69, 9.17) is 5.26 Å². The van der Waals surface area contributed by atoms with Gasteiger partial charge in [-0.2, -0.15) is 5.26 Å². The Morgan fingerprint density at radius 1 is 1.00 bits per heavy atom. The predicted octanol–water partition coefficient (Wildman–Crippen LogP) is 3.08. The minimum Gasteiger partial charge on any atom is -0.349 e. The average molecular weight is 399 g/mol. The van der Waals surface area contributed by atoms with Gasteiger partial charge in [0.05, 0.1) is 11.6 Å². The molecule has 2 amide bonds. The van der Waals surface area contributed by atoms with E-state index in [1.165, 1.54) is 0 Å². The largest absolute Gasteiger partial charge is 0.349 e. The predicted molar refractivity (Wildman–Crippen MR) is 112 cm³/mol. The van der Waals surface area contributed by atoms with Crippen LogP contribution in [0.3, 0.4) is 0 Å². The molecule has 0 aliphatic rings. The first-order valence-corrected chi connectivity index (χ1v) is 9.47. The first-order chi connectivity index (χ1) is 14.5. The molecule has 2 N–H and O–H groups in total. The summed E-state index contributed by atoms with van der Waals surface area (Å²) < 4.78 is 0. The highest BCUT2D eigenvalue weighted by Crippen LogP contribution is 2.20. The van der Waals surface area contributed by atoms with Gasteiger partial charge in [-0.15, -0.1) is 0 Å². The van der Waals surface area contributed by atoms with Gasteiger partial charge < -0.3 is 10.6 Å².